The molecule has 0 aliphatic carbocycles. The zero-order valence-corrected chi connectivity index (χ0v) is 13.1. The van der Waals surface area contributed by atoms with Gasteiger partial charge >= 0.3 is 0 Å². The first-order valence-electron chi connectivity index (χ1n) is 7.28. The molecule has 0 saturated carbocycles. The maximum Gasteiger partial charge on any atom is 0.245 e. The maximum absolute atomic E-state index is 12.1. The average molecular weight is 303 g/mol. The van der Waals surface area contributed by atoms with Crippen LogP contribution in [-0.2, 0) is 14.4 Å². The van der Waals surface area contributed by atoms with E-state index in [-0.39, 0.29) is 24.3 Å². The van der Waals surface area contributed by atoms with Gasteiger partial charge in [0.2, 0.25) is 17.7 Å². The van der Waals surface area contributed by atoms with Crippen LogP contribution in [0.25, 0.3) is 0 Å². The van der Waals surface area contributed by atoms with Crippen molar-refractivity contribution in [2.75, 3.05) is 18.9 Å². The van der Waals surface area contributed by atoms with Gasteiger partial charge in [0, 0.05) is 19.2 Å². The highest BCUT2D eigenvalue weighted by molar-refractivity contribution is 5.97. The van der Waals surface area contributed by atoms with Crippen molar-refractivity contribution in [1.29, 1.82) is 0 Å². The first kappa shape index (κ1) is 16.0. The van der Waals surface area contributed by atoms with Gasteiger partial charge in [-0.2, -0.15) is 0 Å². The van der Waals surface area contributed by atoms with Gasteiger partial charge < -0.3 is 15.5 Å². The SMILES string of the molecule is Cc1ccc(C)c(NC(=O)CN(C)C(=O)[C@@H]2CCC(=O)N2)c1. The molecule has 2 N–H and O–H groups in total. The minimum atomic E-state index is -0.508. The molecule has 0 spiro atoms. The lowest BCUT2D eigenvalue weighted by Crippen LogP contribution is -2.45. The number of likely N-dealkylation sites (N-methyl/N-ethyl adjacent to an activating group) is 1. The lowest BCUT2D eigenvalue weighted by Gasteiger charge is -2.20. The van der Waals surface area contributed by atoms with Gasteiger partial charge in [-0.15, -0.1) is 0 Å². The largest absolute Gasteiger partial charge is 0.344 e. The van der Waals surface area contributed by atoms with E-state index in [0.717, 1.165) is 16.8 Å². The lowest BCUT2D eigenvalue weighted by atomic mass is 10.1. The molecule has 22 heavy (non-hydrogen) atoms. The first-order chi connectivity index (χ1) is 10.4. The van der Waals surface area contributed by atoms with Crippen molar-refractivity contribution in [3.8, 4) is 0 Å². The second kappa shape index (κ2) is 6.60. The zero-order chi connectivity index (χ0) is 16.3. The summed E-state index contributed by atoms with van der Waals surface area (Å²) < 4.78 is 0. The topological polar surface area (TPSA) is 78.5 Å². The van der Waals surface area contributed by atoms with Crippen LogP contribution in [0, 0.1) is 13.8 Å². The fourth-order valence-corrected chi connectivity index (χ4v) is 2.42. The molecule has 1 fully saturated rings. The summed E-state index contributed by atoms with van der Waals surface area (Å²) in [5.74, 6) is -0.609. The number of carbonyl (C=O) groups excluding carboxylic acids is 3. The summed E-state index contributed by atoms with van der Waals surface area (Å²) in [5, 5.41) is 5.43. The van der Waals surface area contributed by atoms with Gasteiger partial charge in [-0.1, -0.05) is 12.1 Å². The van der Waals surface area contributed by atoms with E-state index in [1.54, 1.807) is 7.05 Å². The zero-order valence-electron chi connectivity index (χ0n) is 13.1. The Morgan fingerprint density at radius 2 is 2.09 bits per heavy atom. The first-order valence-corrected chi connectivity index (χ1v) is 7.28. The summed E-state index contributed by atoms with van der Waals surface area (Å²) >= 11 is 0. The van der Waals surface area contributed by atoms with Crippen molar-refractivity contribution in [1.82, 2.24) is 10.2 Å². The molecule has 1 saturated heterocycles. The number of benzene rings is 1. The molecular formula is C16H21N3O3. The van der Waals surface area contributed by atoms with Crippen LogP contribution in [0.15, 0.2) is 18.2 Å². The van der Waals surface area contributed by atoms with Crippen molar-refractivity contribution in [2.45, 2.75) is 32.7 Å². The van der Waals surface area contributed by atoms with Crippen molar-refractivity contribution >= 4 is 23.4 Å². The molecule has 1 aliphatic heterocycles. The van der Waals surface area contributed by atoms with Gasteiger partial charge in [-0.3, -0.25) is 14.4 Å². The van der Waals surface area contributed by atoms with Crippen LogP contribution in [0.3, 0.4) is 0 Å². The van der Waals surface area contributed by atoms with Gasteiger partial charge in [-0.05, 0) is 37.5 Å². The van der Waals surface area contributed by atoms with E-state index in [9.17, 15) is 14.4 Å². The van der Waals surface area contributed by atoms with E-state index < -0.39 is 6.04 Å². The molecule has 1 atom stereocenters. The van der Waals surface area contributed by atoms with Crippen LogP contribution < -0.4 is 10.6 Å². The maximum atomic E-state index is 12.1. The summed E-state index contributed by atoms with van der Waals surface area (Å²) in [4.78, 5) is 36.7. The second-order valence-electron chi connectivity index (χ2n) is 5.72. The standard InChI is InChI=1S/C16H21N3O3/c1-10-4-5-11(2)13(8-10)18-15(21)9-19(3)16(22)12-6-7-14(20)17-12/h4-5,8,12H,6-7,9H2,1-3H3,(H,17,20)(H,18,21)/t12-/m0/s1. The third-order valence-electron chi connectivity index (χ3n) is 3.72. The van der Waals surface area contributed by atoms with Crippen LogP contribution in [0.1, 0.15) is 24.0 Å². The van der Waals surface area contributed by atoms with Crippen LogP contribution in [0.5, 0.6) is 0 Å². The summed E-state index contributed by atoms with van der Waals surface area (Å²) in [6.07, 6.45) is 0.847. The van der Waals surface area contributed by atoms with E-state index in [2.05, 4.69) is 10.6 Å². The van der Waals surface area contributed by atoms with Gasteiger partial charge in [0.1, 0.15) is 6.04 Å². The van der Waals surface area contributed by atoms with Gasteiger partial charge in [0.25, 0.3) is 0 Å². The number of nitrogens with one attached hydrogen (secondary N) is 2. The summed E-state index contributed by atoms with van der Waals surface area (Å²) in [7, 11) is 1.56. The molecular weight excluding hydrogens is 282 g/mol. The molecule has 0 bridgehead atoms. The van der Waals surface area contributed by atoms with Crippen molar-refractivity contribution in [2.24, 2.45) is 0 Å². The third-order valence-corrected chi connectivity index (χ3v) is 3.72. The molecule has 0 aromatic heterocycles. The Labute approximate surface area is 129 Å². The molecule has 1 aromatic rings. The van der Waals surface area contributed by atoms with Gasteiger partial charge in [0.15, 0.2) is 0 Å². The van der Waals surface area contributed by atoms with Crippen molar-refractivity contribution < 1.29 is 14.4 Å². The molecule has 3 amide bonds. The van der Waals surface area contributed by atoms with Crippen molar-refractivity contribution in [3.05, 3.63) is 29.3 Å². The number of hydrogen-bond donors (Lipinski definition) is 2. The highest BCUT2D eigenvalue weighted by atomic mass is 16.2. The minimum absolute atomic E-state index is 0.0431. The van der Waals surface area contributed by atoms with E-state index in [1.165, 1.54) is 4.90 Å². The lowest BCUT2D eigenvalue weighted by molar-refractivity contribution is -0.135. The number of nitrogens with zero attached hydrogens (tertiary/aromatic N) is 1. The highest BCUT2D eigenvalue weighted by Gasteiger charge is 2.29. The van der Waals surface area contributed by atoms with Crippen LogP contribution in [-0.4, -0.2) is 42.3 Å². The number of anilines is 1. The van der Waals surface area contributed by atoms with E-state index in [4.69, 9.17) is 0 Å². The normalized spacial score (nSPS) is 17.0. The Kier molecular flexibility index (Phi) is 4.80. The number of amides is 3. The molecule has 1 aromatic carbocycles. The Bertz CT molecular complexity index is 613. The average Bonchev–Trinajstić information content (AvgIpc) is 2.88. The molecule has 0 radical (unpaired) electrons. The molecule has 1 aliphatic rings. The predicted molar refractivity (Wildman–Crippen MR) is 83.3 cm³/mol. The molecule has 118 valence electrons. The number of hydrogen-bond acceptors (Lipinski definition) is 3. The van der Waals surface area contributed by atoms with Crippen LogP contribution >= 0.6 is 0 Å². The molecule has 0 unspecified atom stereocenters. The van der Waals surface area contributed by atoms with Crippen LogP contribution in [0.2, 0.25) is 0 Å². The smallest absolute Gasteiger partial charge is 0.245 e. The Morgan fingerprint density at radius 1 is 1.36 bits per heavy atom. The van der Waals surface area contributed by atoms with E-state index in [1.807, 2.05) is 32.0 Å². The molecule has 1 heterocycles. The number of carbonyl (C=O) groups is 3. The minimum Gasteiger partial charge on any atom is -0.344 e. The summed E-state index contributed by atoms with van der Waals surface area (Å²) in [5.41, 5.74) is 2.77. The molecule has 6 nitrogen and oxygen atoms in total. The monoisotopic (exact) mass is 303 g/mol. The third kappa shape index (κ3) is 3.84. The van der Waals surface area contributed by atoms with E-state index in [0.29, 0.717) is 12.8 Å². The van der Waals surface area contributed by atoms with Gasteiger partial charge in [0.05, 0.1) is 6.54 Å². The number of aryl methyl sites for hydroxylation is 2. The Hall–Kier alpha value is -2.37. The highest BCUT2D eigenvalue weighted by Crippen LogP contribution is 2.16. The van der Waals surface area contributed by atoms with Gasteiger partial charge in [-0.25, -0.2) is 0 Å². The Balaban J connectivity index is 1.92. The fraction of sp³-hybridized carbons (Fsp3) is 0.438. The summed E-state index contributed by atoms with van der Waals surface area (Å²) in [6.45, 7) is 3.82. The van der Waals surface area contributed by atoms with Crippen LogP contribution in [0.4, 0.5) is 5.69 Å². The Morgan fingerprint density at radius 3 is 2.73 bits per heavy atom. The van der Waals surface area contributed by atoms with Crippen molar-refractivity contribution in [3.63, 3.8) is 0 Å². The fourth-order valence-electron chi connectivity index (χ4n) is 2.42. The molecule has 2 rings (SSSR count). The summed E-state index contributed by atoms with van der Waals surface area (Å²) in [6, 6.07) is 5.30. The van der Waals surface area contributed by atoms with E-state index >= 15 is 0 Å². The predicted octanol–water partition coefficient (Wildman–Crippen LogP) is 0.979. The quantitative estimate of drug-likeness (QED) is 0.870. The molecule has 6 heteroatoms. The number of rotatable bonds is 4. The second-order valence-corrected chi connectivity index (χ2v) is 5.72.